The van der Waals surface area contributed by atoms with Gasteiger partial charge in [0.2, 0.25) is 0 Å². The molecule has 0 fully saturated rings. The van der Waals surface area contributed by atoms with E-state index in [2.05, 4.69) is 58.3 Å². The maximum absolute atomic E-state index is 4.03. The zero-order valence-corrected chi connectivity index (χ0v) is 10.9. The molecule has 0 unspecified atom stereocenters. The van der Waals surface area contributed by atoms with Gasteiger partial charge in [0.05, 0.1) is 10.2 Å². The number of nitrogens with one attached hydrogen (secondary N) is 1. The molecular weight excluding hydrogens is 264 g/mol. The largest absolute Gasteiger partial charge is 0.355 e. The average Bonchev–Trinajstić information content (AvgIpc) is 2.27. The maximum atomic E-state index is 4.03. The number of benzene rings is 1. The molecule has 0 aliphatic carbocycles. The second-order valence-electron chi connectivity index (χ2n) is 3.78. The minimum atomic E-state index is 0.966. The van der Waals surface area contributed by atoms with E-state index < -0.39 is 0 Å². The molecule has 16 heavy (non-hydrogen) atoms. The van der Waals surface area contributed by atoms with Crippen LogP contribution in [0, 0.1) is 13.8 Å². The molecule has 1 N–H and O–H groups in total. The summed E-state index contributed by atoms with van der Waals surface area (Å²) in [5, 5.41) is 3.35. The molecule has 0 atom stereocenters. The third kappa shape index (κ3) is 2.42. The number of nitrogens with zero attached hydrogens (tertiary/aromatic N) is 1. The fourth-order valence-electron chi connectivity index (χ4n) is 1.45. The Morgan fingerprint density at radius 2 is 1.94 bits per heavy atom. The summed E-state index contributed by atoms with van der Waals surface area (Å²) in [6.45, 7) is 4.23. The van der Waals surface area contributed by atoms with Gasteiger partial charge >= 0.3 is 0 Å². The molecule has 1 aromatic heterocycles. The average molecular weight is 277 g/mol. The van der Waals surface area contributed by atoms with Gasteiger partial charge in [0.1, 0.15) is 0 Å². The van der Waals surface area contributed by atoms with Crippen molar-refractivity contribution in [1.82, 2.24) is 4.98 Å². The fourth-order valence-corrected chi connectivity index (χ4v) is 1.80. The second kappa shape index (κ2) is 4.66. The highest BCUT2D eigenvalue weighted by Gasteiger charge is 2.00. The Balaban J connectivity index is 2.28. The van der Waals surface area contributed by atoms with E-state index in [4.69, 9.17) is 0 Å². The first kappa shape index (κ1) is 11.1. The first-order valence-corrected chi connectivity index (χ1v) is 5.90. The molecule has 0 saturated carbocycles. The lowest BCUT2D eigenvalue weighted by molar-refractivity contribution is 1.30. The minimum Gasteiger partial charge on any atom is -0.355 e. The Hall–Kier alpha value is -1.35. The number of anilines is 2. The zero-order valence-electron chi connectivity index (χ0n) is 9.29. The highest BCUT2D eigenvalue weighted by atomic mass is 79.9. The van der Waals surface area contributed by atoms with Gasteiger partial charge in [0.25, 0.3) is 0 Å². The number of halogens is 1. The lowest BCUT2D eigenvalue weighted by Gasteiger charge is -2.09. The summed E-state index contributed by atoms with van der Waals surface area (Å²) in [5.74, 6) is 0. The van der Waals surface area contributed by atoms with E-state index in [0.29, 0.717) is 0 Å². The molecule has 0 saturated heterocycles. The van der Waals surface area contributed by atoms with Crippen molar-refractivity contribution in [3.05, 3.63) is 52.3 Å². The van der Waals surface area contributed by atoms with Crippen LogP contribution in [0.1, 0.15) is 11.1 Å². The molecule has 0 bridgehead atoms. The summed E-state index contributed by atoms with van der Waals surface area (Å²) in [4.78, 5) is 4.03. The van der Waals surface area contributed by atoms with Crippen molar-refractivity contribution >= 4 is 27.3 Å². The topological polar surface area (TPSA) is 24.9 Å². The third-order valence-electron chi connectivity index (χ3n) is 2.56. The first-order chi connectivity index (χ1) is 7.66. The van der Waals surface area contributed by atoms with Gasteiger partial charge in [-0.05, 0) is 59.1 Å². The van der Waals surface area contributed by atoms with Crippen molar-refractivity contribution in [2.45, 2.75) is 13.8 Å². The molecule has 2 rings (SSSR count). The molecule has 0 aliphatic rings. The predicted octanol–water partition coefficient (Wildman–Crippen LogP) is 4.20. The van der Waals surface area contributed by atoms with Gasteiger partial charge in [0, 0.05) is 18.1 Å². The van der Waals surface area contributed by atoms with Crippen LogP contribution in [0.2, 0.25) is 0 Å². The first-order valence-electron chi connectivity index (χ1n) is 5.10. The van der Waals surface area contributed by atoms with Crippen LogP contribution in [0.15, 0.2) is 41.1 Å². The van der Waals surface area contributed by atoms with Gasteiger partial charge in [-0.2, -0.15) is 0 Å². The molecule has 3 heteroatoms. The van der Waals surface area contributed by atoms with E-state index in [1.54, 1.807) is 12.4 Å². The van der Waals surface area contributed by atoms with Crippen molar-refractivity contribution in [3.8, 4) is 0 Å². The van der Waals surface area contributed by atoms with Crippen LogP contribution in [-0.2, 0) is 0 Å². The monoisotopic (exact) mass is 276 g/mol. The molecule has 1 aromatic carbocycles. The zero-order chi connectivity index (χ0) is 11.5. The quantitative estimate of drug-likeness (QED) is 0.889. The molecule has 2 aromatic rings. The fraction of sp³-hybridized carbons (Fsp3) is 0.154. The highest BCUT2D eigenvalue weighted by molar-refractivity contribution is 9.10. The molecule has 82 valence electrons. The number of aromatic nitrogens is 1. The van der Waals surface area contributed by atoms with Crippen molar-refractivity contribution < 1.29 is 0 Å². The summed E-state index contributed by atoms with van der Waals surface area (Å²) in [6.07, 6.45) is 3.55. The van der Waals surface area contributed by atoms with Crippen LogP contribution in [-0.4, -0.2) is 4.98 Å². The smallest absolute Gasteiger partial charge is 0.0593 e. The number of hydrogen-bond acceptors (Lipinski definition) is 2. The Morgan fingerprint density at radius 1 is 1.12 bits per heavy atom. The van der Waals surface area contributed by atoms with Gasteiger partial charge in [-0.15, -0.1) is 0 Å². The Kier molecular flexibility index (Phi) is 3.25. The number of aryl methyl sites for hydroxylation is 2. The Labute approximate surface area is 104 Å². The normalized spacial score (nSPS) is 10.2. The van der Waals surface area contributed by atoms with Crippen LogP contribution in [0.3, 0.4) is 0 Å². The lowest BCUT2D eigenvalue weighted by Crippen LogP contribution is -1.93. The van der Waals surface area contributed by atoms with Crippen LogP contribution < -0.4 is 5.32 Å². The molecule has 0 spiro atoms. The molecule has 2 nitrogen and oxygen atoms in total. The SMILES string of the molecule is Cc1ccc(Nc2ccncc2Br)cc1C. The van der Waals surface area contributed by atoms with E-state index in [9.17, 15) is 0 Å². The maximum Gasteiger partial charge on any atom is 0.0593 e. The van der Waals surface area contributed by atoms with E-state index in [0.717, 1.165) is 15.8 Å². The van der Waals surface area contributed by atoms with E-state index in [1.807, 2.05) is 6.07 Å². The van der Waals surface area contributed by atoms with E-state index >= 15 is 0 Å². The standard InChI is InChI=1S/C13H13BrN2/c1-9-3-4-11(7-10(9)2)16-13-5-6-15-8-12(13)14/h3-8H,1-2H3,(H,15,16). The van der Waals surface area contributed by atoms with Crippen molar-refractivity contribution in [2.75, 3.05) is 5.32 Å². The van der Waals surface area contributed by atoms with Crippen molar-refractivity contribution in [1.29, 1.82) is 0 Å². The summed E-state index contributed by atoms with van der Waals surface area (Å²) in [6, 6.07) is 8.28. The Bertz CT molecular complexity index is 509. The summed E-state index contributed by atoms with van der Waals surface area (Å²) >= 11 is 3.46. The number of hydrogen-bond donors (Lipinski definition) is 1. The molecule has 0 amide bonds. The second-order valence-corrected chi connectivity index (χ2v) is 4.63. The van der Waals surface area contributed by atoms with E-state index in [-0.39, 0.29) is 0 Å². The summed E-state index contributed by atoms with van der Waals surface area (Å²) in [7, 11) is 0. The van der Waals surface area contributed by atoms with Crippen molar-refractivity contribution in [3.63, 3.8) is 0 Å². The van der Waals surface area contributed by atoms with Crippen LogP contribution in [0.5, 0.6) is 0 Å². The number of pyridine rings is 1. The molecule has 0 aliphatic heterocycles. The van der Waals surface area contributed by atoms with Gasteiger partial charge in [-0.1, -0.05) is 6.07 Å². The summed E-state index contributed by atoms with van der Waals surface area (Å²) in [5.41, 5.74) is 4.71. The third-order valence-corrected chi connectivity index (χ3v) is 3.19. The Morgan fingerprint density at radius 3 is 2.62 bits per heavy atom. The number of rotatable bonds is 2. The van der Waals surface area contributed by atoms with Crippen molar-refractivity contribution in [2.24, 2.45) is 0 Å². The van der Waals surface area contributed by atoms with Crippen LogP contribution in [0.4, 0.5) is 11.4 Å². The van der Waals surface area contributed by atoms with Gasteiger partial charge < -0.3 is 5.32 Å². The van der Waals surface area contributed by atoms with E-state index in [1.165, 1.54) is 11.1 Å². The lowest BCUT2D eigenvalue weighted by atomic mass is 10.1. The van der Waals surface area contributed by atoms with Crippen LogP contribution in [0.25, 0.3) is 0 Å². The summed E-state index contributed by atoms with van der Waals surface area (Å²) < 4.78 is 0.966. The molecule has 1 heterocycles. The van der Waals surface area contributed by atoms with Gasteiger partial charge in [-0.3, -0.25) is 4.98 Å². The molecule has 0 radical (unpaired) electrons. The molecular formula is C13H13BrN2. The predicted molar refractivity (Wildman–Crippen MR) is 71.1 cm³/mol. The van der Waals surface area contributed by atoms with Crippen LogP contribution >= 0.6 is 15.9 Å². The highest BCUT2D eigenvalue weighted by Crippen LogP contribution is 2.25. The van der Waals surface area contributed by atoms with Gasteiger partial charge in [-0.25, -0.2) is 0 Å². The van der Waals surface area contributed by atoms with Gasteiger partial charge in [0.15, 0.2) is 0 Å². The minimum absolute atomic E-state index is 0.966.